The van der Waals surface area contributed by atoms with Crippen molar-refractivity contribution >= 4 is 5.91 Å². The summed E-state index contributed by atoms with van der Waals surface area (Å²) in [5, 5.41) is 7.73. The third-order valence-electron chi connectivity index (χ3n) is 4.74. The lowest BCUT2D eigenvalue weighted by Gasteiger charge is -2.18. The zero-order valence-electron chi connectivity index (χ0n) is 15.1. The van der Waals surface area contributed by atoms with E-state index < -0.39 is 0 Å². The Kier molecular flexibility index (Phi) is 3.99. The molecular weight excluding hydrogens is 326 g/mol. The van der Waals surface area contributed by atoms with E-state index in [1.54, 1.807) is 7.11 Å². The maximum absolute atomic E-state index is 12.6. The Labute approximate surface area is 152 Å². The molecule has 0 saturated heterocycles. The molecule has 5 nitrogen and oxygen atoms in total. The average Bonchev–Trinajstić information content (AvgIpc) is 3.20. The fraction of sp³-hybridized carbons (Fsp3) is 0.238. The van der Waals surface area contributed by atoms with E-state index in [2.05, 4.69) is 24.3 Å². The Morgan fingerprint density at radius 2 is 1.77 bits per heavy atom. The minimum atomic E-state index is -0.164. The van der Waals surface area contributed by atoms with Crippen LogP contribution in [0.3, 0.4) is 0 Å². The number of aromatic nitrogens is 2. The van der Waals surface area contributed by atoms with Crippen molar-refractivity contribution < 1.29 is 9.53 Å². The van der Waals surface area contributed by atoms with Gasteiger partial charge in [-0.15, -0.1) is 0 Å². The molecule has 1 aliphatic heterocycles. The molecule has 0 radical (unpaired) electrons. The lowest BCUT2D eigenvalue weighted by Crippen LogP contribution is -2.22. The largest absolute Gasteiger partial charge is 0.497 e. The number of carbonyl (C=O) groups excluding carboxylic acids is 1. The summed E-state index contributed by atoms with van der Waals surface area (Å²) in [5.41, 5.74) is 4.53. The van der Waals surface area contributed by atoms with Crippen molar-refractivity contribution in [2.45, 2.75) is 25.8 Å². The highest BCUT2D eigenvalue weighted by Gasteiger charge is 2.37. The topological polar surface area (TPSA) is 56.1 Å². The van der Waals surface area contributed by atoms with Crippen LogP contribution in [0.25, 0.3) is 5.69 Å². The van der Waals surface area contributed by atoms with E-state index in [0.29, 0.717) is 5.69 Å². The maximum atomic E-state index is 12.6. The van der Waals surface area contributed by atoms with E-state index in [1.165, 1.54) is 0 Å². The average molecular weight is 347 g/mol. The summed E-state index contributed by atoms with van der Waals surface area (Å²) in [5.74, 6) is 0.884. The first-order chi connectivity index (χ1) is 12.6. The van der Waals surface area contributed by atoms with Crippen LogP contribution >= 0.6 is 0 Å². The molecule has 2 aromatic carbocycles. The summed E-state index contributed by atoms with van der Waals surface area (Å²) in [4.78, 5) is 12.6. The smallest absolute Gasteiger partial charge is 0.272 e. The first-order valence-corrected chi connectivity index (χ1v) is 8.73. The Hall–Kier alpha value is -3.08. The van der Waals surface area contributed by atoms with E-state index in [4.69, 9.17) is 4.74 Å². The van der Waals surface area contributed by atoms with Gasteiger partial charge in [0, 0.05) is 5.56 Å². The van der Waals surface area contributed by atoms with Gasteiger partial charge in [0.25, 0.3) is 5.91 Å². The standard InChI is InChI=1S/C21H21N3O2/c1-13(2)20-17-18(14-7-5-4-6-8-14)22-21(25)19(17)23-24(20)15-9-11-16(26-3)12-10-15/h4-13,18H,1-3H3,(H,22,25). The van der Waals surface area contributed by atoms with Crippen molar-refractivity contribution in [3.8, 4) is 11.4 Å². The number of nitrogens with zero attached hydrogens (tertiary/aromatic N) is 2. The van der Waals surface area contributed by atoms with Gasteiger partial charge in [0.2, 0.25) is 0 Å². The van der Waals surface area contributed by atoms with Crippen LogP contribution in [0.2, 0.25) is 0 Å². The zero-order chi connectivity index (χ0) is 18.3. The Morgan fingerprint density at radius 1 is 1.08 bits per heavy atom. The molecule has 1 amide bonds. The molecule has 1 aliphatic rings. The van der Waals surface area contributed by atoms with Gasteiger partial charge in [-0.2, -0.15) is 5.10 Å². The molecule has 26 heavy (non-hydrogen) atoms. The van der Waals surface area contributed by atoms with Gasteiger partial charge < -0.3 is 10.1 Å². The molecule has 4 rings (SSSR count). The van der Waals surface area contributed by atoms with Crippen molar-refractivity contribution in [3.05, 3.63) is 77.1 Å². The van der Waals surface area contributed by atoms with Crippen LogP contribution in [0, 0.1) is 0 Å². The predicted octanol–water partition coefficient (Wildman–Crippen LogP) is 3.84. The zero-order valence-corrected chi connectivity index (χ0v) is 15.1. The lowest BCUT2D eigenvalue weighted by atomic mass is 9.95. The van der Waals surface area contributed by atoms with Crippen molar-refractivity contribution in [3.63, 3.8) is 0 Å². The predicted molar refractivity (Wildman–Crippen MR) is 100.0 cm³/mol. The van der Waals surface area contributed by atoms with Crippen molar-refractivity contribution in [2.75, 3.05) is 7.11 Å². The third-order valence-corrected chi connectivity index (χ3v) is 4.74. The SMILES string of the molecule is COc1ccc(-n2nc3c(c2C(C)C)C(c2ccccc2)NC3=O)cc1. The number of carbonyl (C=O) groups is 1. The first kappa shape index (κ1) is 16.4. The molecule has 1 N–H and O–H groups in total. The molecular formula is C21H21N3O2. The van der Waals surface area contributed by atoms with Crippen molar-refractivity contribution in [2.24, 2.45) is 0 Å². The number of fused-ring (bicyclic) bond motifs is 1. The summed E-state index contributed by atoms with van der Waals surface area (Å²) in [6, 6.07) is 17.6. The van der Waals surface area contributed by atoms with E-state index in [1.807, 2.05) is 59.3 Å². The number of ether oxygens (including phenoxy) is 1. The summed E-state index contributed by atoms with van der Waals surface area (Å²) >= 11 is 0. The Balaban J connectivity index is 1.88. The summed E-state index contributed by atoms with van der Waals surface area (Å²) in [6.45, 7) is 4.25. The minimum Gasteiger partial charge on any atom is -0.497 e. The summed E-state index contributed by atoms with van der Waals surface area (Å²) < 4.78 is 7.13. The second-order valence-corrected chi connectivity index (χ2v) is 6.73. The number of nitrogens with one attached hydrogen (secondary N) is 1. The molecule has 1 atom stereocenters. The molecule has 132 valence electrons. The van der Waals surface area contributed by atoms with Crippen LogP contribution < -0.4 is 10.1 Å². The van der Waals surface area contributed by atoms with Gasteiger partial charge in [0.05, 0.1) is 24.5 Å². The van der Waals surface area contributed by atoms with Crippen molar-refractivity contribution in [1.29, 1.82) is 0 Å². The van der Waals surface area contributed by atoms with Gasteiger partial charge >= 0.3 is 0 Å². The van der Waals surface area contributed by atoms with Gasteiger partial charge in [-0.1, -0.05) is 44.2 Å². The molecule has 0 saturated carbocycles. The van der Waals surface area contributed by atoms with Crippen LogP contribution in [0.5, 0.6) is 5.75 Å². The van der Waals surface area contributed by atoms with Gasteiger partial charge in [0.15, 0.2) is 5.69 Å². The highest BCUT2D eigenvalue weighted by atomic mass is 16.5. The third kappa shape index (κ3) is 2.56. The fourth-order valence-corrected chi connectivity index (χ4v) is 3.54. The second kappa shape index (κ2) is 6.33. The quantitative estimate of drug-likeness (QED) is 0.780. The first-order valence-electron chi connectivity index (χ1n) is 8.73. The normalized spacial score (nSPS) is 15.8. The van der Waals surface area contributed by atoms with E-state index in [-0.39, 0.29) is 17.9 Å². The van der Waals surface area contributed by atoms with Gasteiger partial charge in [-0.3, -0.25) is 4.79 Å². The molecule has 2 heterocycles. The minimum absolute atomic E-state index is 0.122. The van der Waals surface area contributed by atoms with Crippen LogP contribution in [-0.4, -0.2) is 22.8 Å². The summed E-state index contributed by atoms with van der Waals surface area (Å²) in [7, 11) is 1.64. The lowest BCUT2D eigenvalue weighted by molar-refractivity contribution is 0.0955. The molecule has 0 bridgehead atoms. The number of benzene rings is 2. The number of rotatable bonds is 4. The maximum Gasteiger partial charge on any atom is 0.272 e. The van der Waals surface area contributed by atoms with Gasteiger partial charge in [0.1, 0.15) is 5.75 Å². The van der Waals surface area contributed by atoms with Crippen LogP contribution in [0.1, 0.15) is 53.1 Å². The molecule has 1 unspecified atom stereocenters. The highest BCUT2D eigenvalue weighted by molar-refractivity contribution is 5.98. The number of hydrogen-bond acceptors (Lipinski definition) is 3. The van der Waals surface area contributed by atoms with Crippen LogP contribution in [0.15, 0.2) is 54.6 Å². The van der Waals surface area contributed by atoms with Crippen molar-refractivity contribution in [1.82, 2.24) is 15.1 Å². The van der Waals surface area contributed by atoms with Gasteiger partial charge in [-0.25, -0.2) is 4.68 Å². The number of hydrogen-bond donors (Lipinski definition) is 1. The fourth-order valence-electron chi connectivity index (χ4n) is 3.54. The Morgan fingerprint density at radius 3 is 2.38 bits per heavy atom. The number of amides is 1. The molecule has 0 aliphatic carbocycles. The summed E-state index contributed by atoms with van der Waals surface area (Å²) in [6.07, 6.45) is 0. The second-order valence-electron chi connectivity index (χ2n) is 6.73. The van der Waals surface area contributed by atoms with Crippen LogP contribution in [-0.2, 0) is 0 Å². The molecule has 3 aromatic rings. The molecule has 0 spiro atoms. The molecule has 5 heteroatoms. The highest BCUT2D eigenvalue weighted by Crippen LogP contribution is 2.37. The monoisotopic (exact) mass is 347 g/mol. The van der Waals surface area contributed by atoms with Gasteiger partial charge in [-0.05, 0) is 35.7 Å². The van der Waals surface area contributed by atoms with E-state index >= 15 is 0 Å². The molecule has 0 fully saturated rings. The number of methoxy groups -OCH3 is 1. The van der Waals surface area contributed by atoms with E-state index in [0.717, 1.165) is 28.3 Å². The molecule has 1 aromatic heterocycles. The van der Waals surface area contributed by atoms with Crippen LogP contribution in [0.4, 0.5) is 0 Å². The Bertz CT molecular complexity index is 943. The van der Waals surface area contributed by atoms with E-state index in [9.17, 15) is 4.79 Å².